The average molecular weight is 272 g/mol. The Bertz CT molecular complexity index is 433. The van der Waals surface area contributed by atoms with Gasteiger partial charge in [0.1, 0.15) is 0 Å². The molecule has 0 bridgehead atoms. The number of nitrogens with zero attached hydrogens (tertiary/aromatic N) is 2. The van der Waals surface area contributed by atoms with Crippen LogP contribution in [0.15, 0.2) is 9.32 Å². The molecule has 2 rings (SSSR count). The lowest BCUT2D eigenvalue weighted by molar-refractivity contribution is -0.771. The molecule has 102 valence electrons. The van der Waals surface area contributed by atoms with Crippen LogP contribution >= 0.6 is 11.8 Å². The monoisotopic (exact) mass is 272 g/mol. The summed E-state index contributed by atoms with van der Waals surface area (Å²) < 4.78 is 4.97. The van der Waals surface area contributed by atoms with Gasteiger partial charge in [-0.1, -0.05) is 6.92 Å². The molecule has 1 N–H and O–H groups in total. The summed E-state index contributed by atoms with van der Waals surface area (Å²) in [7, 11) is 0. The molecule has 2 heterocycles. The molecule has 1 aromatic rings. The molecule has 1 aliphatic rings. The molecular weight excluding hydrogens is 250 g/mol. The molecule has 1 aliphatic heterocycles. The molecule has 0 radical (unpaired) electrons. The van der Waals surface area contributed by atoms with E-state index >= 15 is 0 Å². The van der Waals surface area contributed by atoms with Crippen molar-refractivity contribution < 1.29 is 9.31 Å². The summed E-state index contributed by atoms with van der Waals surface area (Å²) in [5, 5.41) is 4.99. The van der Waals surface area contributed by atoms with Gasteiger partial charge in [-0.3, -0.25) is 4.52 Å². The summed E-state index contributed by atoms with van der Waals surface area (Å²) in [6, 6.07) is 0.856. The second-order valence-corrected chi connectivity index (χ2v) is 6.16. The molecule has 0 aliphatic carbocycles. The molecule has 2 atom stereocenters. The van der Waals surface area contributed by atoms with Crippen LogP contribution in [0.3, 0.4) is 0 Å². The standard InChI is InChI=1S/C12H21N3O2S/c1-4-18-8-11-12(16)17-13-15(11)14-9(2)6-5-7-10(14)3/h9-10H,4-8H2,1-3H3/p+1. The van der Waals surface area contributed by atoms with Crippen molar-refractivity contribution in [3.8, 4) is 0 Å². The maximum Gasteiger partial charge on any atom is 0.434 e. The van der Waals surface area contributed by atoms with Gasteiger partial charge in [-0.2, -0.15) is 11.8 Å². The van der Waals surface area contributed by atoms with Crippen LogP contribution in [0, 0.1) is 0 Å². The highest BCUT2D eigenvalue weighted by molar-refractivity contribution is 7.98. The zero-order chi connectivity index (χ0) is 13.1. The fourth-order valence-electron chi connectivity index (χ4n) is 2.59. The van der Waals surface area contributed by atoms with E-state index in [1.807, 2.05) is 4.79 Å². The number of nitrogens with one attached hydrogen (secondary N) is 1. The SMILES string of the molecule is CCSCc1c(=O)o[nH][n+]1N1C(C)CCCC1C. The van der Waals surface area contributed by atoms with Gasteiger partial charge in [0.25, 0.3) is 0 Å². The van der Waals surface area contributed by atoms with Gasteiger partial charge in [0.05, 0.1) is 17.8 Å². The summed E-state index contributed by atoms with van der Waals surface area (Å²) in [4.78, 5) is 13.6. The van der Waals surface area contributed by atoms with Gasteiger partial charge in [0, 0.05) is 10.1 Å². The summed E-state index contributed by atoms with van der Waals surface area (Å²) in [5.74, 6) is 1.69. The largest absolute Gasteiger partial charge is 0.434 e. The Kier molecular flexibility index (Phi) is 4.37. The van der Waals surface area contributed by atoms with E-state index in [-0.39, 0.29) is 5.63 Å². The molecule has 1 fully saturated rings. The smallest absolute Gasteiger partial charge is 0.281 e. The number of piperidine rings is 1. The van der Waals surface area contributed by atoms with Crippen LogP contribution < -0.4 is 15.4 Å². The van der Waals surface area contributed by atoms with Gasteiger partial charge in [-0.05, 0) is 38.9 Å². The molecule has 1 saturated heterocycles. The van der Waals surface area contributed by atoms with Gasteiger partial charge in [0.2, 0.25) is 0 Å². The maximum atomic E-state index is 11.7. The minimum atomic E-state index is -0.249. The fourth-order valence-corrected chi connectivity index (χ4v) is 3.23. The van der Waals surface area contributed by atoms with E-state index in [0.717, 1.165) is 18.6 Å². The first-order valence-corrected chi connectivity index (χ1v) is 7.79. The minimum absolute atomic E-state index is 0.249. The molecule has 6 heteroatoms. The summed E-state index contributed by atoms with van der Waals surface area (Å²) in [6.07, 6.45) is 3.57. The van der Waals surface area contributed by atoms with Gasteiger partial charge in [0.15, 0.2) is 0 Å². The van der Waals surface area contributed by atoms with Gasteiger partial charge < -0.3 is 0 Å². The third kappa shape index (κ3) is 2.58. The van der Waals surface area contributed by atoms with Crippen molar-refractivity contribution in [1.82, 2.24) is 5.27 Å². The number of hydrogen-bond donors (Lipinski definition) is 1. The molecule has 1 aromatic heterocycles. The number of aromatic nitrogens is 2. The lowest BCUT2D eigenvalue weighted by atomic mass is 10.00. The Morgan fingerprint density at radius 3 is 2.72 bits per heavy atom. The first-order chi connectivity index (χ1) is 8.65. The van der Waals surface area contributed by atoms with E-state index in [4.69, 9.17) is 4.52 Å². The van der Waals surface area contributed by atoms with Crippen LogP contribution in [-0.4, -0.2) is 23.1 Å². The van der Waals surface area contributed by atoms with Crippen molar-refractivity contribution in [2.24, 2.45) is 0 Å². The summed E-state index contributed by atoms with van der Waals surface area (Å²) in [6.45, 7) is 6.49. The Balaban J connectivity index is 2.28. The Hall–Kier alpha value is -0.910. The van der Waals surface area contributed by atoms with Crippen LogP contribution in [0.25, 0.3) is 0 Å². The lowest BCUT2D eigenvalue weighted by Crippen LogP contribution is -2.69. The van der Waals surface area contributed by atoms with Crippen molar-refractivity contribution in [1.29, 1.82) is 0 Å². The van der Waals surface area contributed by atoms with Crippen molar-refractivity contribution in [3.63, 3.8) is 0 Å². The third-order valence-electron chi connectivity index (χ3n) is 3.54. The van der Waals surface area contributed by atoms with Gasteiger partial charge >= 0.3 is 11.3 Å². The number of rotatable bonds is 4. The molecule has 0 aromatic carbocycles. The van der Waals surface area contributed by atoms with Crippen LogP contribution in [0.1, 0.15) is 45.7 Å². The highest BCUT2D eigenvalue weighted by Gasteiger charge is 2.36. The van der Waals surface area contributed by atoms with Crippen LogP contribution in [0.2, 0.25) is 0 Å². The summed E-state index contributed by atoms with van der Waals surface area (Å²) >= 11 is 1.73. The predicted molar refractivity (Wildman–Crippen MR) is 72.4 cm³/mol. The highest BCUT2D eigenvalue weighted by Crippen LogP contribution is 2.18. The number of H-pyrrole nitrogens is 1. The molecule has 18 heavy (non-hydrogen) atoms. The van der Waals surface area contributed by atoms with Crippen molar-refractivity contribution >= 4 is 11.8 Å². The zero-order valence-electron chi connectivity index (χ0n) is 11.3. The average Bonchev–Trinajstić information content (AvgIpc) is 2.68. The first kappa shape index (κ1) is 13.5. The van der Waals surface area contributed by atoms with E-state index in [2.05, 4.69) is 31.1 Å². The Labute approximate surface area is 111 Å². The first-order valence-electron chi connectivity index (χ1n) is 6.64. The normalized spacial score (nSPS) is 24.5. The molecule has 0 spiro atoms. The molecule has 0 saturated carbocycles. The van der Waals surface area contributed by atoms with Gasteiger partial charge in [-0.25, -0.2) is 4.79 Å². The van der Waals surface area contributed by atoms with Gasteiger partial charge in [-0.15, -0.1) is 5.01 Å². The van der Waals surface area contributed by atoms with E-state index in [1.54, 1.807) is 11.8 Å². The highest BCUT2D eigenvalue weighted by atomic mass is 32.2. The van der Waals surface area contributed by atoms with E-state index in [1.165, 1.54) is 6.42 Å². The predicted octanol–water partition coefficient (Wildman–Crippen LogP) is 1.41. The van der Waals surface area contributed by atoms with E-state index < -0.39 is 0 Å². The maximum absolute atomic E-state index is 11.7. The lowest BCUT2D eigenvalue weighted by Gasteiger charge is -2.32. The second-order valence-electron chi connectivity index (χ2n) is 4.89. The van der Waals surface area contributed by atoms with Crippen LogP contribution in [-0.2, 0) is 5.75 Å². The molecule has 0 amide bonds. The van der Waals surface area contributed by atoms with Crippen molar-refractivity contribution in [2.45, 2.75) is 57.9 Å². The number of thioether (sulfide) groups is 1. The van der Waals surface area contributed by atoms with Crippen molar-refractivity contribution in [2.75, 3.05) is 10.8 Å². The number of hydrogen-bond acceptors (Lipinski definition) is 4. The molecular formula is C12H22N3O2S+. The number of aromatic amines is 1. The Morgan fingerprint density at radius 1 is 1.44 bits per heavy atom. The van der Waals surface area contributed by atoms with Crippen molar-refractivity contribution in [3.05, 3.63) is 16.1 Å². The topological polar surface area (TPSA) is 53.1 Å². The summed E-state index contributed by atoms with van der Waals surface area (Å²) in [5.41, 5.74) is 0.461. The fraction of sp³-hybridized carbons (Fsp3) is 0.833. The second kappa shape index (κ2) is 5.82. The quantitative estimate of drug-likeness (QED) is 0.842. The third-order valence-corrected chi connectivity index (χ3v) is 4.42. The van der Waals surface area contributed by atoms with E-state index in [0.29, 0.717) is 23.5 Å². The van der Waals surface area contributed by atoms with Crippen LogP contribution in [0.4, 0.5) is 0 Å². The zero-order valence-corrected chi connectivity index (χ0v) is 12.1. The van der Waals surface area contributed by atoms with Crippen LogP contribution in [0.5, 0.6) is 0 Å². The minimum Gasteiger partial charge on any atom is -0.281 e. The Morgan fingerprint density at radius 2 is 2.11 bits per heavy atom. The molecule has 2 unspecified atom stereocenters. The molecule has 5 nitrogen and oxygen atoms in total. The van der Waals surface area contributed by atoms with E-state index in [9.17, 15) is 4.79 Å².